The third-order valence-electron chi connectivity index (χ3n) is 4.51. The number of carbonyl (C=O) groups excluding carboxylic acids is 1. The van der Waals surface area contributed by atoms with Gasteiger partial charge in [0, 0.05) is 15.2 Å². The summed E-state index contributed by atoms with van der Waals surface area (Å²) in [7, 11) is -4.00. The third-order valence-corrected chi connectivity index (χ3v) is 7.19. The minimum Gasteiger partial charge on any atom is -0.324 e. The second kappa shape index (κ2) is 9.20. The Hall–Kier alpha value is -2.35. The lowest BCUT2D eigenvalue weighted by atomic mass is 10.2. The molecule has 0 heterocycles. The Balaban J connectivity index is 2.00. The van der Waals surface area contributed by atoms with Gasteiger partial charge < -0.3 is 5.32 Å². The monoisotopic (exact) mass is 506 g/mol. The van der Waals surface area contributed by atoms with Crippen LogP contribution in [0, 0.1) is 13.8 Å². The number of anilines is 2. The molecule has 3 aromatic rings. The van der Waals surface area contributed by atoms with Gasteiger partial charge in [-0.15, -0.1) is 0 Å². The minimum atomic E-state index is -4.00. The van der Waals surface area contributed by atoms with Gasteiger partial charge in [0.05, 0.1) is 10.6 Å². The minimum absolute atomic E-state index is 0.0998. The molecule has 0 saturated carbocycles. The molecule has 0 aliphatic carbocycles. The second-order valence-electron chi connectivity index (χ2n) is 6.77. The van der Waals surface area contributed by atoms with E-state index in [2.05, 4.69) is 21.2 Å². The average Bonchev–Trinajstić information content (AvgIpc) is 2.69. The normalized spacial score (nSPS) is 11.2. The van der Waals surface area contributed by atoms with Crippen LogP contribution in [-0.4, -0.2) is 20.9 Å². The van der Waals surface area contributed by atoms with Crippen molar-refractivity contribution in [2.24, 2.45) is 0 Å². The van der Waals surface area contributed by atoms with E-state index in [4.69, 9.17) is 11.6 Å². The molecule has 1 N–H and O–H groups in total. The molecule has 1 amide bonds. The number of aryl methyl sites for hydroxylation is 1. The number of amides is 1. The number of hydrogen-bond acceptors (Lipinski definition) is 3. The van der Waals surface area contributed by atoms with E-state index in [1.54, 1.807) is 55.5 Å². The van der Waals surface area contributed by atoms with Crippen molar-refractivity contribution in [2.45, 2.75) is 18.7 Å². The third kappa shape index (κ3) is 5.03. The number of nitrogens with one attached hydrogen (secondary N) is 1. The molecular weight excluding hydrogens is 488 g/mol. The maximum absolute atomic E-state index is 13.4. The zero-order valence-electron chi connectivity index (χ0n) is 16.4. The number of carbonyl (C=O) groups is 1. The molecule has 0 aromatic heterocycles. The summed E-state index contributed by atoms with van der Waals surface area (Å²) in [6.45, 7) is 3.20. The molecule has 0 radical (unpaired) electrons. The Morgan fingerprint density at radius 3 is 2.37 bits per heavy atom. The fraction of sp³-hybridized carbons (Fsp3) is 0.136. The van der Waals surface area contributed by atoms with Gasteiger partial charge in [0.1, 0.15) is 6.54 Å². The highest BCUT2D eigenvalue weighted by Gasteiger charge is 2.28. The standard InChI is InChI=1S/C22H20BrClN2O3S/c1-15-9-11-19(12-10-15)30(28,29)26(21-8-4-7-20(24)16(21)2)14-22(27)25-18-6-3-5-17(23)13-18/h3-13H,14H2,1-2H3,(H,25,27). The molecule has 0 aliphatic heterocycles. The van der Waals surface area contributed by atoms with E-state index in [9.17, 15) is 13.2 Å². The van der Waals surface area contributed by atoms with Crippen molar-refractivity contribution in [3.05, 3.63) is 87.4 Å². The summed E-state index contributed by atoms with van der Waals surface area (Å²) in [5.41, 5.74) is 2.43. The molecule has 0 atom stereocenters. The van der Waals surface area contributed by atoms with Gasteiger partial charge in [0.15, 0.2) is 0 Å². The van der Waals surface area contributed by atoms with Crippen LogP contribution in [0.15, 0.2) is 76.1 Å². The van der Waals surface area contributed by atoms with Crippen LogP contribution in [-0.2, 0) is 14.8 Å². The Labute approximate surface area is 189 Å². The fourth-order valence-electron chi connectivity index (χ4n) is 2.90. The number of sulfonamides is 1. The SMILES string of the molecule is Cc1ccc(S(=O)(=O)N(CC(=O)Nc2cccc(Br)c2)c2cccc(Cl)c2C)cc1. The Kier molecular flexibility index (Phi) is 6.85. The van der Waals surface area contributed by atoms with Gasteiger partial charge in [-0.05, 0) is 61.9 Å². The first-order valence-corrected chi connectivity index (χ1v) is 11.7. The summed E-state index contributed by atoms with van der Waals surface area (Å²) in [5, 5.41) is 3.16. The van der Waals surface area contributed by atoms with E-state index in [-0.39, 0.29) is 4.90 Å². The van der Waals surface area contributed by atoms with Gasteiger partial charge in [0.25, 0.3) is 10.0 Å². The highest BCUT2D eigenvalue weighted by Crippen LogP contribution is 2.31. The smallest absolute Gasteiger partial charge is 0.264 e. The number of nitrogens with zero attached hydrogens (tertiary/aromatic N) is 1. The predicted molar refractivity (Wildman–Crippen MR) is 125 cm³/mol. The van der Waals surface area contributed by atoms with Crippen molar-refractivity contribution in [3.8, 4) is 0 Å². The van der Waals surface area contributed by atoms with E-state index in [0.29, 0.717) is 22.0 Å². The van der Waals surface area contributed by atoms with Gasteiger partial charge in [-0.2, -0.15) is 0 Å². The molecule has 0 saturated heterocycles. The Bertz CT molecular complexity index is 1180. The summed E-state index contributed by atoms with van der Waals surface area (Å²) in [6.07, 6.45) is 0. The predicted octanol–water partition coefficient (Wildman–Crippen LogP) is 5.55. The molecule has 0 fully saturated rings. The van der Waals surface area contributed by atoms with Crippen LogP contribution in [0.25, 0.3) is 0 Å². The molecule has 0 bridgehead atoms. The van der Waals surface area contributed by atoms with Crippen LogP contribution in [0.3, 0.4) is 0 Å². The van der Waals surface area contributed by atoms with Crippen LogP contribution in [0.5, 0.6) is 0 Å². The van der Waals surface area contributed by atoms with E-state index >= 15 is 0 Å². The maximum Gasteiger partial charge on any atom is 0.264 e. The van der Waals surface area contributed by atoms with Crippen LogP contribution in [0.2, 0.25) is 5.02 Å². The van der Waals surface area contributed by atoms with Gasteiger partial charge in [-0.1, -0.05) is 57.4 Å². The number of rotatable bonds is 6. The van der Waals surface area contributed by atoms with Gasteiger partial charge >= 0.3 is 0 Å². The van der Waals surface area contributed by atoms with Crippen molar-refractivity contribution >= 4 is 54.8 Å². The van der Waals surface area contributed by atoms with Crippen molar-refractivity contribution in [1.82, 2.24) is 0 Å². The molecule has 156 valence electrons. The van der Waals surface area contributed by atoms with E-state index in [1.807, 2.05) is 13.0 Å². The molecule has 0 aliphatic rings. The molecular formula is C22H20BrClN2O3S. The zero-order chi connectivity index (χ0) is 21.9. The largest absolute Gasteiger partial charge is 0.324 e. The van der Waals surface area contributed by atoms with E-state index in [1.165, 1.54) is 12.1 Å². The van der Waals surface area contributed by atoms with Crippen LogP contribution < -0.4 is 9.62 Å². The summed E-state index contributed by atoms with van der Waals surface area (Å²) < 4.78 is 28.8. The first-order chi connectivity index (χ1) is 14.2. The molecule has 30 heavy (non-hydrogen) atoms. The summed E-state index contributed by atoms with van der Waals surface area (Å²) in [5.74, 6) is -0.469. The average molecular weight is 508 g/mol. The zero-order valence-corrected chi connectivity index (χ0v) is 19.6. The molecule has 3 aromatic carbocycles. The highest BCUT2D eigenvalue weighted by molar-refractivity contribution is 9.10. The Morgan fingerprint density at radius 2 is 1.70 bits per heavy atom. The lowest BCUT2D eigenvalue weighted by molar-refractivity contribution is -0.114. The molecule has 0 spiro atoms. The van der Waals surface area contributed by atoms with Crippen LogP contribution in [0.4, 0.5) is 11.4 Å². The molecule has 0 unspecified atom stereocenters. The number of hydrogen-bond donors (Lipinski definition) is 1. The fourth-order valence-corrected chi connectivity index (χ4v) is 4.95. The maximum atomic E-state index is 13.4. The summed E-state index contributed by atoms with van der Waals surface area (Å²) in [4.78, 5) is 12.9. The van der Waals surface area contributed by atoms with Crippen molar-refractivity contribution in [2.75, 3.05) is 16.2 Å². The van der Waals surface area contributed by atoms with Crippen molar-refractivity contribution < 1.29 is 13.2 Å². The van der Waals surface area contributed by atoms with Gasteiger partial charge in [-0.25, -0.2) is 8.42 Å². The second-order valence-corrected chi connectivity index (χ2v) is 9.95. The lowest BCUT2D eigenvalue weighted by Crippen LogP contribution is -2.38. The van der Waals surface area contributed by atoms with Crippen LogP contribution >= 0.6 is 27.5 Å². The molecule has 5 nitrogen and oxygen atoms in total. The van der Waals surface area contributed by atoms with Crippen LogP contribution in [0.1, 0.15) is 11.1 Å². The number of halogens is 2. The summed E-state index contributed by atoms with van der Waals surface area (Å²) in [6, 6.07) is 18.6. The van der Waals surface area contributed by atoms with Crippen molar-refractivity contribution in [3.63, 3.8) is 0 Å². The molecule has 3 rings (SSSR count). The van der Waals surface area contributed by atoms with Gasteiger partial charge in [-0.3, -0.25) is 9.10 Å². The first-order valence-electron chi connectivity index (χ1n) is 9.08. The van der Waals surface area contributed by atoms with Gasteiger partial charge in [0.2, 0.25) is 5.91 Å². The highest BCUT2D eigenvalue weighted by atomic mass is 79.9. The topological polar surface area (TPSA) is 66.5 Å². The van der Waals surface area contributed by atoms with E-state index < -0.39 is 22.5 Å². The number of benzene rings is 3. The van der Waals surface area contributed by atoms with E-state index in [0.717, 1.165) is 14.3 Å². The quantitative estimate of drug-likeness (QED) is 0.475. The molecule has 8 heteroatoms. The lowest BCUT2D eigenvalue weighted by Gasteiger charge is -2.26. The Morgan fingerprint density at radius 1 is 1.03 bits per heavy atom. The summed E-state index contributed by atoms with van der Waals surface area (Å²) >= 11 is 9.58. The first kappa shape index (κ1) is 22.3. The van der Waals surface area contributed by atoms with Crippen molar-refractivity contribution in [1.29, 1.82) is 0 Å².